The number of thioether (sulfide) groups is 1. The normalized spacial score (nSPS) is 16.8. The Kier molecular flexibility index (Phi) is 21.9. The lowest BCUT2D eigenvalue weighted by Gasteiger charge is -2.31. The molecule has 24 nitrogen and oxygen atoms in total. The Balaban J connectivity index is 1.66. The largest absolute Gasteiger partial charge is 0.530 e. The average Bonchev–Trinajstić information content (AvgIpc) is 3.31. The van der Waals surface area contributed by atoms with Gasteiger partial charge in [0.2, 0.25) is 11.8 Å². The number of urea groups is 1. The number of carbonyl (C=O) groups is 7. The number of aliphatic carboxylic acids is 1. The van der Waals surface area contributed by atoms with Gasteiger partial charge in [0.1, 0.15) is 47.9 Å². The molecule has 0 radical (unpaired) electrons. The van der Waals surface area contributed by atoms with E-state index in [4.69, 9.17) is 37.6 Å². The number of ether oxygens (including phenoxy) is 3. The minimum Gasteiger partial charge on any atom is -0.497 e. The van der Waals surface area contributed by atoms with Gasteiger partial charge in [0, 0.05) is 26.2 Å². The van der Waals surface area contributed by atoms with Crippen molar-refractivity contribution in [3.05, 3.63) is 89.5 Å². The fraction of sp³-hybridized carbons (Fsp3) is 0.432. The highest BCUT2D eigenvalue weighted by Gasteiger charge is 2.41. The fourth-order valence-electron chi connectivity index (χ4n) is 6.43. The number of phosphoric ester groups is 2. The number of nitrogens with zero attached hydrogens (tertiary/aromatic N) is 2. The average molecular weight is 1050 g/mol. The summed E-state index contributed by atoms with van der Waals surface area (Å²) in [5.41, 5.74) is 0.337. The Morgan fingerprint density at radius 1 is 0.887 bits per heavy atom. The SMILES string of the molecule is COc1ccc(NC(=O)N(C(=O)OCc2ccc(OP3(=O)OCC(OP(=O)(O)O)CO3)c(C(=O)OCC(=O)N(C)C)c2)C(CCSC)C(=O)NC(CC(C)C)C(=O)NC(Cc2ccccc2)C(=O)O)cc1. The molecule has 388 valence electrons. The fourth-order valence-corrected chi connectivity index (χ4v) is 8.67. The number of amides is 6. The lowest BCUT2D eigenvalue weighted by Crippen LogP contribution is -2.58. The smallest absolute Gasteiger partial charge is 0.497 e. The van der Waals surface area contributed by atoms with Crippen LogP contribution in [0.15, 0.2) is 72.8 Å². The number of carboxylic acid groups (broad SMARTS) is 1. The third-order valence-electron chi connectivity index (χ3n) is 9.99. The zero-order valence-electron chi connectivity index (χ0n) is 39.5. The zero-order chi connectivity index (χ0) is 52.5. The summed E-state index contributed by atoms with van der Waals surface area (Å²) in [5, 5.41) is 17.7. The Morgan fingerprint density at radius 2 is 1.54 bits per heavy atom. The molecule has 71 heavy (non-hydrogen) atoms. The molecule has 27 heteroatoms. The van der Waals surface area contributed by atoms with Gasteiger partial charge in [-0.1, -0.05) is 50.2 Å². The lowest BCUT2D eigenvalue weighted by atomic mass is 10.0. The van der Waals surface area contributed by atoms with Crippen LogP contribution >= 0.6 is 27.4 Å². The van der Waals surface area contributed by atoms with E-state index in [2.05, 4.69) is 20.5 Å². The number of imide groups is 1. The number of likely N-dealkylation sites (N-methyl/N-ethyl adjacent to an activating group) is 1. The summed E-state index contributed by atoms with van der Waals surface area (Å²) in [4.78, 5) is 115. The van der Waals surface area contributed by atoms with Gasteiger partial charge in [0.25, 0.3) is 5.91 Å². The molecule has 1 saturated heterocycles. The van der Waals surface area contributed by atoms with E-state index >= 15 is 0 Å². The highest BCUT2D eigenvalue weighted by atomic mass is 32.2. The second-order valence-corrected chi connectivity index (χ2v) is 20.0. The molecule has 0 bridgehead atoms. The molecule has 1 heterocycles. The molecular weight excluding hydrogens is 997 g/mol. The molecule has 0 aromatic heterocycles. The van der Waals surface area contributed by atoms with Crippen molar-refractivity contribution in [1.29, 1.82) is 0 Å². The number of hydrogen-bond acceptors (Lipinski definition) is 17. The van der Waals surface area contributed by atoms with Crippen LogP contribution in [0, 0.1) is 5.92 Å². The van der Waals surface area contributed by atoms with Gasteiger partial charge < -0.3 is 54.5 Å². The molecule has 0 aliphatic carbocycles. The van der Waals surface area contributed by atoms with Crippen molar-refractivity contribution in [2.75, 3.05) is 58.4 Å². The van der Waals surface area contributed by atoms with Crippen LogP contribution in [0.3, 0.4) is 0 Å². The number of rotatable bonds is 24. The lowest BCUT2D eigenvalue weighted by molar-refractivity contribution is -0.142. The maximum atomic E-state index is 14.5. The minimum atomic E-state index is -4.98. The van der Waals surface area contributed by atoms with Crippen LogP contribution in [-0.2, 0) is 64.4 Å². The molecule has 1 aliphatic heterocycles. The summed E-state index contributed by atoms with van der Waals surface area (Å²) >= 11 is 1.28. The van der Waals surface area contributed by atoms with Crippen LogP contribution in [0.4, 0.5) is 15.3 Å². The van der Waals surface area contributed by atoms with E-state index in [1.165, 1.54) is 63.3 Å². The molecule has 3 atom stereocenters. The van der Waals surface area contributed by atoms with Crippen molar-refractivity contribution < 1.29 is 89.9 Å². The van der Waals surface area contributed by atoms with Crippen molar-refractivity contribution in [2.45, 2.75) is 63.9 Å². The predicted octanol–water partition coefficient (Wildman–Crippen LogP) is 4.59. The number of methoxy groups -OCH3 is 1. The molecule has 3 unspecified atom stereocenters. The summed E-state index contributed by atoms with van der Waals surface area (Å²) < 4.78 is 60.9. The van der Waals surface area contributed by atoms with E-state index in [1.54, 1.807) is 50.4 Å². The third-order valence-corrected chi connectivity index (χ3v) is 12.6. The molecule has 6 N–H and O–H groups in total. The van der Waals surface area contributed by atoms with Gasteiger partial charge in [0.05, 0.1) is 20.3 Å². The standard InChI is InChI=1S/C44H57N5O19P2S/c1-27(2)20-34(39(51)47-35(41(53)54)22-28-10-8-7-9-11-28)46-40(52)36(18-19-71-6)49(43(56)45-30-13-15-31(62-5)16-14-30)44(57)64-23-29-12-17-37(33(21-29)42(55)63-26-38(50)48(3)4)68-70(61)65-24-32(25-66-70)67-69(58,59)60/h7-17,21,27,32,34-36H,18-20,22-26H2,1-6H3,(H,45,56)(H,46,52)(H,47,51)(H,53,54)(H2,58,59,60). The van der Waals surface area contributed by atoms with Crippen LogP contribution in [0.1, 0.15) is 48.2 Å². The van der Waals surface area contributed by atoms with Crippen molar-refractivity contribution in [2.24, 2.45) is 5.92 Å². The third kappa shape index (κ3) is 18.6. The van der Waals surface area contributed by atoms with Crippen molar-refractivity contribution >= 4 is 74.9 Å². The maximum Gasteiger partial charge on any atom is 0.530 e. The van der Waals surface area contributed by atoms with Gasteiger partial charge in [-0.3, -0.25) is 28.0 Å². The van der Waals surface area contributed by atoms with Gasteiger partial charge >= 0.3 is 39.7 Å². The molecule has 3 aromatic carbocycles. The van der Waals surface area contributed by atoms with Crippen molar-refractivity contribution in [3.8, 4) is 11.5 Å². The topological polar surface area (TPSA) is 321 Å². The highest BCUT2D eigenvalue weighted by Crippen LogP contribution is 2.54. The van der Waals surface area contributed by atoms with Crippen LogP contribution < -0.4 is 25.2 Å². The monoisotopic (exact) mass is 1050 g/mol. The Hall–Kier alpha value is -6.04. The van der Waals surface area contributed by atoms with Gasteiger partial charge in [-0.05, 0) is 78.3 Å². The van der Waals surface area contributed by atoms with Crippen molar-refractivity contribution in [3.63, 3.8) is 0 Å². The number of hydrogen-bond donors (Lipinski definition) is 6. The number of carbonyl (C=O) groups excluding carboxylic acids is 6. The number of esters is 1. The van der Waals surface area contributed by atoms with Gasteiger partial charge in [0.15, 0.2) is 6.61 Å². The second-order valence-electron chi connectivity index (χ2n) is 16.2. The van der Waals surface area contributed by atoms with E-state index in [1.807, 2.05) is 0 Å². The Morgan fingerprint density at radius 3 is 2.11 bits per heavy atom. The summed E-state index contributed by atoms with van der Waals surface area (Å²) in [6.45, 7) is 0.782. The second kappa shape index (κ2) is 27.0. The highest BCUT2D eigenvalue weighted by molar-refractivity contribution is 7.98. The van der Waals surface area contributed by atoms with Crippen LogP contribution in [-0.4, -0.2) is 144 Å². The van der Waals surface area contributed by atoms with Gasteiger partial charge in [-0.2, -0.15) is 11.8 Å². The molecule has 6 amide bonds. The van der Waals surface area contributed by atoms with E-state index in [0.29, 0.717) is 16.2 Å². The molecule has 4 rings (SSSR count). The Labute approximate surface area is 413 Å². The molecule has 0 saturated carbocycles. The molecule has 1 aliphatic rings. The van der Waals surface area contributed by atoms with Crippen LogP contribution in [0.5, 0.6) is 11.5 Å². The number of phosphoric acid groups is 2. The first kappa shape index (κ1) is 57.5. The first-order chi connectivity index (χ1) is 33.5. The summed E-state index contributed by atoms with van der Waals surface area (Å²) in [6, 6.07) is 12.5. The first-order valence-electron chi connectivity index (χ1n) is 21.6. The Bertz CT molecular complexity index is 2430. The zero-order valence-corrected chi connectivity index (χ0v) is 42.1. The van der Waals surface area contributed by atoms with Gasteiger partial charge in [-0.15, -0.1) is 0 Å². The summed E-state index contributed by atoms with van der Waals surface area (Å²) in [6.07, 6.45) is -1.20. The first-order valence-corrected chi connectivity index (χ1v) is 26.0. The molecule has 0 spiro atoms. The van der Waals surface area contributed by atoms with Crippen molar-refractivity contribution in [1.82, 2.24) is 20.4 Å². The number of nitrogens with one attached hydrogen (secondary N) is 3. The number of anilines is 1. The van der Waals surface area contributed by atoms with Crippen LogP contribution in [0.25, 0.3) is 0 Å². The predicted molar refractivity (Wildman–Crippen MR) is 254 cm³/mol. The number of benzene rings is 3. The number of carboxylic acids is 1. The van der Waals surface area contributed by atoms with E-state index < -0.39 is 119 Å². The van der Waals surface area contributed by atoms with Gasteiger partial charge in [-0.25, -0.2) is 33.2 Å². The van der Waals surface area contributed by atoms with E-state index in [0.717, 1.165) is 17.0 Å². The quantitative estimate of drug-likeness (QED) is 0.0528. The summed E-state index contributed by atoms with van der Waals surface area (Å²) in [5.74, 6) is -4.98. The maximum absolute atomic E-state index is 14.5. The summed E-state index contributed by atoms with van der Waals surface area (Å²) in [7, 11) is -5.32. The van der Waals surface area contributed by atoms with E-state index in [9.17, 15) is 47.8 Å². The molecule has 1 fully saturated rings. The van der Waals surface area contributed by atoms with Crippen LogP contribution in [0.2, 0.25) is 0 Å². The van der Waals surface area contributed by atoms with E-state index in [-0.39, 0.29) is 42.2 Å². The minimum absolute atomic E-state index is 0.0215. The molecule has 3 aromatic rings. The molecular formula is C44H57N5O19P2S.